The van der Waals surface area contributed by atoms with E-state index in [1.165, 1.54) is 0 Å². The van der Waals surface area contributed by atoms with E-state index < -0.39 is 0 Å². The molecule has 1 amide bonds. The minimum absolute atomic E-state index is 0.188. The van der Waals surface area contributed by atoms with E-state index >= 15 is 0 Å². The summed E-state index contributed by atoms with van der Waals surface area (Å²) in [5, 5.41) is 5.76. The number of benzene rings is 2. The zero-order valence-corrected chi connectivity index (χ0v) is 17.2. The highest BCUT2D eigenvalue weighted by Gasteiger charge is 2.11. The van der Waals surface area contributed by atoms with E-state index in [0.717, 1.165) is 16.4 Å². The lowest BCUT2D eigenvalue weighted by molar-refractivity contribution is 0.0499. The molecule has 0 fully saturated rings. The van der Waals surface area contributed by atoms with E-state index in [0.29, 0.717) is 23.4 Å². The first-order valence-corrected chi connectivity index (χ1v) is 9.64. The van der Waals surface area contributed by atoms with Crippen molar-refractivity contribution >= 4 is 57.5 Å². The van der Waals surface area contributed by atoms with Crippen molar-refractivity contribution < 1.29 is 14.3 Å². The van der Waals surface area contributed by atoms with Gasteiger partial charge in [0.25, 0.3) is 5.91 Å². The summed E-state index contributed by atoms with van der Waals surface area (Å²) < 4.78 is 6.00. The largest absolute Gasteiger partial charge is 0.462 e. The Morgan fingerprint density at radius 1 is 1.12 bits per heavy atom. The van der Waals surface area contributed by atoms with Crippen LogP contribution in [0.4, 0.5) is 5.69 Å². The third-order valence-electron chi connectivity index (χ3n) is 3.46. The first-order chi connectivity index (χ1) is 12.5. The van der Waals surface area contributed by atoms with E-state index in [1.54, 1.807) is 36.4 Å². The maximum Gasteiger partial charge on any atom is 0.338 e. The quantitative estimate of drug-likeness (QED) is 0.277. The van der Waals surface area contributed by atoms with Gasteiger partial charge in [-0.25, -0.2) is 4.79 Å². The molecule has 0 aliphatic heterocycles. The van der Waals surface area contributed by atoms with Crippen LogP contribution < -0.4 is 10.6 Å². The third-order valence-corrected chi connectivity index (χ3v) is 4.60. The Morgan fingerprint density at radius 3 is 2.46 bits per heavy atom. The van der Waals surface area contributed by atoms with Crippen LogP contribution in [-0.4, -0.2) is 23.6 Å². The molecular formula is C19H19IN2O3S. The van der Waals surface area contributed by atoms with Crippen LogP contribution >= 0.6 is 34.8 Å². The highest BCUT2D eigenvalue weighted by Crippen LogP contribution is 2.13. The zero-order chi connectivity index (χ0) is 18.9. The Bertz CT molecular complexity index is 794. The van der Waals surface area contributed by atoms with Crippen molar-refractivity contribution in [2.75, 3.05) is 11.9 Å². The first-order valence-electron chi connectivity index (χ1n) is 8.15. The molecule has 2 N–H and O–H groups in total. The van der Waals surface area contributed by atoms with Crippen LogP contribution in [0, 0.1) is 3.57 Å². The van der Waals surface area contributed by atoms with Crippen LogP contribution in [0.25, 0.3) is 0 Å². The van der Waals surface area contributed by atoms with E-state index in [4.69, 9.17) is 17.0 Å². The average Bonchev–Trinajstić information content (AvgIpc) is 2.62. The number of thiocarbonyl (C=S) groups is 1. The number of amides is 1. The van der Waals surface area contributed by atoms with E-state index in [9.17, 15) is 9.59 Å². The SMILES string of the molecule is CCCCOC(=O)c1ccc(NC(=S)NC(=O)c2ccccc2I)cc1. The predicted molar refractivity (Wildman–Crippen MR) is 114 cm³/mol. The second-order valence-electron chi connectivity index (χ2n) is 5.45. The van der Waals surface area contributed by atoms with Crippen molar-refractivity contribution in [2.45, 2.75) is 19.8 Å². The summed E-state index contributed by atoms with van der Waals surface area (Å²) in [6.07, 6.45) is 1.82. The molecule has 0 bridgehead atoms. The number of carbonyl (C=O) groups is 2. The smallest absolute Gasteiger partial charge is 0.338 e. The lowest BCUT2D eigenvalue weighted by atomic mass is 10.2. The van der Waals surface area contributed by atoms with Crippen LogP contribution in [0.3, 0.4) is 0 Å². The number of unbranched alkanes of at least 4 members (excludes halogenated alkanes) is 1. The molecule has 5 nitrogen and oxygen atoms in total. The molecule has 0 spiro atoms. The normalized spacial score (nSPS) is 10.1. The number of halogens is 1. The van der Waals surface area contributed by atoms with Crippen LogP contribution in [0.15, 0.2) is 48.5 Å². The van der Waals surface area contributed by atoms with E-state index in [2.05, 4.69) is 33.2 Å². The third kappa shape index (κ3) is 6.06. The Morgan fingerprint density at radius 2 is 1.81 bits per heavy atom. The number of nitrogens with one attached hydrogen (secondary N) is 2. The fourth-order valence-corrected chi connectivity index (χ4v) is 2.90. The fourth-order valence-electron chi connectivity index (χ4n) is 2.06. The van der Waals surface area contributed by atoms with Gasteiger partial charge in [0.15, 0.2) is 5.11 Å². The monoisotopic (exact) mass is 482 g/mol. The number of esters is 1. The van der Waals surface area contributed by atoms with Crippen molar-refractivity contribution in [1.82, 2.24) is 5.32 Å². The first kappa shape index (κ1) is 20.3. The van der Waals surface area contributed by atoms with Gasteiger partial charge in [-0.2, -0.15) is 0 Å². The zero-order valence-electron chi connectivity index (χ0n) is 14.3. The maximum atomic E-state index is 12.2. The molecule has 0 aromatic heterocycles. The summed E-state index contributed by atoms with van der Waals surface area (Å²) in [6.45, 7) is 2.46. The molecule has 0 radical (unpaired) electrons. The standard InChI is InChI=1S/C19H19IN2O3S/c1-2-3-12-25-18(24)13-8-10-14(11-9-13)21-19(26)22-17(23)15-6-4-5-7-16(15)20/h4-11H,2-3,12H2,1H3,(H2,21,22,23,26). The molecule has 136 valence electrons. The van der Waals surface area contributed by atoms with Crippen molar-refractivity contribution in [3.05, 3.63) is 63.2 Å². The molecule has 0 saturated carbocycles. The minimum Gasteiger partial charge on any atom is -0.462 e. The number of hydrogen-bond donors (Lipinski definition) is 2. The Labute approximate surface area is 171 Å². The number of ether oxygens (including phenoxy) is 1. The summed E-state index contributed by atoms with van der Waals surface area (Å²) in [6, 6.07) is 14.0. The summed E-state index contributed by atoms with van der Waals surface area (Å²) >= 11 is 7.27. The Hall–Kier alpha value is -2.00. The van der Waals surface area contributed by atoms with Crippen LogP contribution in [0.5, 0.6) is 0 Å². The fraction of sp³-hybridized carbons (Fsp3) is 0.211. The van der Waals surface area contributed by atoms with Gasteiger partial charge >= 0.3 is 5.97 Å². The lowest BCUT2D eigenvalue weighted by Gasteiger charge is -2.11. The summed E-state index contributed by atoms with van der Waals surface area (Å²) in [5.41, 5.74) is 1.70. The van der Waals surface area contributed by atoms with Crippen molar-refractivity contribution in [3.63, 3.8) is 0 Å². The Kier molecular flexibility index (Phi) is 7.99. The van der Waals surface area contributed by atoms with Crippen molar-refractivity contribution in [2.24, 2.45) is 0 Å². The highest BCUT2D eigenvalue weighted by molar-refractivity contribution is 14.1. The lowest BCUT2D eigenvalue weighted by Crippen LogP contribution is -2.34. The molecule has 0 atom stereocenters. The number of hydrogen-bond acceptors (Lipinski definition) is 4. The highest BCUT2D eigenvalue weighted by atomic mass is 127. The number of rotatable bonds is 6. The molecule has 26 heavy (non-hydrogen) atoms. The molecule has 2 rings (SSSR count). The van der Waals surface area contributed by atoms with Crippen molar-refractivity contribution in [1.29, 1.82) is 0 Å². The van der Waals surface area contributed by atoms with E-state index in [1.807, 2.05) is 19.1 Å². The molecule has 7 heteroatoms. The summed E-state index contributed by atoms with van der Waals surface area (Å²) in [4.78, 5) is 24.1. The molecule has 2 aromatic carbocycles. The van der Waals surface area contributed by atoms with Gasteiger partial charge < -0.3 is 10.1 Å². The van der Waals surface area contributed by atoms with Gasteiger partial charge in [-0.1, -0.05) is 25.5 Å². The van der Waals surface area contributed by atoms with Gasteiger partial charge in [0.2, 0.25) is 0 Å². The van der Waals surface area contributed by atoms with Crippen LogP contribution in [-0.2, 0) is 4.74 Å². The van der Waals surface area contributed by atoms with Gasteiger partial charge in [0.05, 0.1) is 17.7 Å². The maximum absolute atomic E-state index is 12.2. The van der Waals surface area contributed by atoms with Crippen LogP contribution in [0.2, 0.25) is 0 Å². The van der Waals surface area contributed by atoms with Gasteiger partial charge in [-0.15, -0.1) is 0 Å². The topological polar surface area (TPSA) is 67.4 Å². The van der Waals surface area contributed by atoms with Crippen molar-refractivity contribution in [3.8, 4) is 0 Å². The van der Waals surface area contributed by atoms with E-state index in [-0.39, 0.29) is 17.0 Å². The van der Waals surface area contributed by atoms with Gasteiger partial charge in [-0.05, 0) is 77.6 Å². The number of carbonyl (C=O) groups excluding carboxylic acids is 2. The molecule has 2 aromatic rings. The molecule has 0 aliphatic carbocycles. The molecule has 0 saturated heterocycles. The molecule has 0 heterocycles. The molecule has 0 aliphatic rings. The van der Waals surface area contributed by atoms with Gasteiger partial charge in [-0.3, -0.25) is 10.1 Å². The van der Waals surface area contributed by atoms with Gasteiger partial charge in [0, 0.05) is 9.26 Å². The molecular weight excluding hydrogens is 463 g/mol. The number of anilines is 1. The summed E-state index contributed by atoms with van der Waals surface area (Å²) in [7, 11) is 0. The minimum atomic E-state index is -0.348. The predicted octanol–water partition coefficient (Wildman–Crippen LogP) is 4.37. The second-order valence-corrected chi connectivity index (χ2v) is 7.03. The summed E-state index contributed by atoms with van der Waals surface area (Å²) in [5.74, 6) is -0.622. The van der Waals surface area contributed by atoms with Crippen LogP contribution in [0.1, 0.15) is 40.5 Å². The second kappa shape index (κ2) is 10.2. The Balaban J connectivity index is 1.90. The molecule has 0 unspecified atom stereocenters. The average molecular weight is 482 g/mol. The van der Waals surface area contributed by atoms with Gasteiger partial charge in [0.1, 0.15) is 0 Å².